The van der Waals surface area contributed by atoms with Crippen molar-refractivity contribution in [2.75, 3.05) is 32.2 Å². The average Bonchev–Trinajstić information content (AvgIpc) is 2.43. The number of hydrogen-bond donors (Lipinski definition) is 2. The SMILES string of the molecule is COCCCCC(=O)Nc1ccc(OCCN)cc1. The summed E-state index contributed by atoms with van der Waals surface area (Å²) in [6, 6.07) is 7.27. The second-order valence-corrected chi connectivity index (χ2v) is 4.16. The van der Waals surface area contributed by atoms with Gasteiger partial charge in [0.1, 0.15) is 12.4 Å². The molecule has 1 amide bonds. The minimum absolute atomic E-state index is 0.0201. The molecule has 3 N–H and O–H groups in total. The molecule has 106 valence electrons. The van der Waals surface area contributed by atoms with Crippen molar-refractivity contribution in [2.24, 2.45) is 5.73 Å². The molecule has 0 aliphatic rings. The predicted octanol–water partition coefficient (Wildman–Crippen LogP) is 1.78. The van der Waals surface area contributed by atoms with Crippen LogP contribution in [0.4, 0.5) is 5.69 Å². The molecule has 0 heterocycles. The molecular formula is C14H22N2O3. The minimum Gasteiger partial charge on any atom is -0.492 e. The fraction of sp³-hybridized carbons (Fsp3) is 0.500. The van der Waals surface area contributed by atoms with Gasteiger partial charge < -0.3 is 20.5 Å². The first kappa shape index (κ1) is 15.5. The van der Waals surface area contributed by atoms with E-state index in [-0.39, 0.29) is 5.91 Å². The molecule has 0 aromatic heterocycles. The first-order chi connectivity index (χ1) is 9.26. The lowest BCUT2D eigenvalue weighted by molar-refractivity contribution is -0.116. The first-order valence-corrected chi connectivity index (χ1v) is 6.48. The quantitative estimate of drug-likeness (QED) is 0.668. The van der Waals surface area contributed by atoms with Crippen LogP contribution in [0, 0.1) is 0 Å². The Bertz CT molecular complexity index is 365. The number of ether oxygens (including phenoxy) is 2. The molecule has 0 atom stereocenters. The van der Waals surface area contributed by atoms with Gasteiger partial charge in [0.05, 0.1) is 0 Å². The van der Waals surface area contributed by atoms with Crippen LogP contribution in [0.5, 0.6) is 5.75 Å². The summed E-state index contributed by atoms with van der Waals surface area (Å²) < 4.78 is 10.3. The molecule has 0 saturated carbocycles. The van der Waals surface area contributed by atoms with Crippen molar-refractivity contribution in [3.8, 4) is 5.75 Å². The molecule has 0 fully saturated rings. The highest BCUT2D eigenvalue weighted by Crippen LogP contribution is 2.15. The van der Waals surface area contributed by atoms with Gasteiger partial charge in [-0.3, -0.25) is 4.79 Å². The summed E-state index contributed by atoms with van der Waals surface area (Å²) in [4.78, 5) is 11.6. The van der Waals surface area contributed by atoms with E-state index in [0.717, 1.165) is 24.3 Å². The maximum atomic E-state index is 11.6. The maximum absolute atomic E-state index is 11.6. The van der Waals surface area contributed by atoms with Gasteiger partial charge in [-0.05, 0) is 37.1 Å². The van der Waals surface area contributed by atoms with Crippen LogP contribution in [0.3, 0.4) is 0 Å². The van der Waals surface area contributed by atoms with E-state index in [4.69, 9.17) is 15.2 Å². The van der Waals surface area contributed by atoms with Gasteiger partial charge in [0.25, 0.3) is 0 Å². The number of carbonyl (C=O) groups excluding carboxylic acids is 1. The van der Waals surface area contributed by atoms with Gasteiger partial charge >= 0.3 is 0 Å². The van der Waals surface area contributed by atoms with E-state index in [1.807, 2.05) is 24.3 Å². The fourth-order valence-electron chi connectivity index (χ4n) is 1.57. The molecule has 1 rings (SSSR count). The van der Waals surface area contributed by atoms with Crippen molar-refractivity contribution in [1.82, 2.24) is 0 Å². The van der Waals surface area contributed by atoms with Crippen molar-refractivity contribution in [3.05, 3.63) is 24.3 Å². The van der Waals surface area contributed by atoms with Gasteiger partial charge in [0.2, 0.25) is 5.91 Å². The van der Waals surface area contributed by atoms with Crippen molar-refractivity contribution >= 4 is 11.6 Å². The largest absolute Gasteiger partial charge is 0.492 e. The van der Waals surface area contributed by atoms with E-state index >= 15 is 0 Å². The van der Waals surface area contributed by atoms with Crippen molar-refractivity contribution < 1.29 is 14.3 Å². The third kappa shape index (κ3) is 6.79. The van der Waals surface area contributed by atoms with E-state index < -0.39 is 0 Å². The number of amides is 1. The number of anilines is 1. The minimum atomic E-state index is 0.0201. The standard InChI is InChI=1S/C14H22N2O3/c1-18-10-3-2-4-14(17)16-12-5-7-13(8-6-12)19-11-9-15/h5-8H,2-4,9-11,15H2,1H3,(H,16,17). The summed E-state index contributed by atoms with van der Waals surface area (Å²) in [5, 5.41) is 2.84. The summed E-state index contributed by atoms with van der Waals surface area (Å²) in [5.41, 5.74) is 6.12. The van der Waals surface area contributed by atoms with Gasteiger partial charge in [-0.15, -0.1) is 0 Å². The van der Waals surface area contributed by atoms with Crippen LogP contribution in [0.15, 0.2) is 24.3 Å². The lowest BCUT2D eigenvalue weighted by atomic mass is 10.2. The zero-order chi connectivity index (χ0) is 13.9. The molecule has 1 aromatic rings. The second-order valence-electron chi connectivity index (χ2n) is 4.16. The number of nitrogens with one attached hydrogen (secondary N) is 1. The zero-order valence-electron chi connectivity index (χ0n) is 11.4. The zero-order valence-corrected chi connectivity index (χ0v) is 11.4. The number of rotatable bonds is 9. The van der Waals surface area contributed by atoms with Crippen molar-refractivity contribution in [3.63, 3.8) is 0 Å². The van der Waals surface area contributed by atoms with Crippen LogP contribution in [-0.2, 0) is 9.53 Å². The Labute approximate surface area is 114 Å². The Morgan fingerprint density at radius 2 is 1.95 bits per heavy atom. The molecule has 0 unspecified atom stereocenters. The number of methoxy groups -OCH3 is 1. The van der Waals surface area contributed by atoms with E-state index in [0.29, 0.717) is 26.2 Å². The topological polar surface area (TPSA) is 73.6 Å². The number of hydrogen-bond acceptors (Lipinski definition) is 4. The highest BCUT2D eigenvalue weighted by atomic mass is 16.5. The molecule has 19 heavy (non-hydrogen) atoms. The molecule has 0 aliphatic carbocycles. The summed E-state index contributed by atoms with van der Waals surface area (Å²) in [5.74, 6) is 0.773. The number of carbonyl (C=O) groups is 1. The van der Waals surface area contributed by atoms with E-state index in [2.05, 4.69) is 5.32 Å². The third-order valence-corrected chi connectivity index (χ3v) is 2.53. The normalized spacial score (nSPS) is 10.2. The van der Waals surface area contributed by atoms with E-state index in [9.17, 15) is 4.79 Å². The van der Waals surface area contributed by atoms with Gasteiger partial charge in [-0.25, -0.2) is 0 Å². The summed E-state index contributed by atoms with van der Waals surface area (Å²) in [7, 11) is 1.66. The van der Waals surface area contributed by atoms with Crippen LogP contribution in [0.25, 0.3) is 0 Å². The molecule has 1 aromatic carbocycles. The fourth-order valence-corrected chi connectivity index (χ4v) is 1.57. The monoisotopic (exact) mass is 266 g/mol. The Morgan fingerprint density at radius 3 is 2.58 bits per heavy atom. The summed E-state index contributed by atoms with van der Waals surface area (Å²) in [6.07, 6.45) is 2.24. The first-order valence-electron chi connectivity index (χ1n) is 6.48. The van der Waals surface area contributed by atoms with E-state index in [1.54, 1.807) is 7.11 Å². The Balaban J connectivity index is 2.29. The summed E-state index contributed by atoms with van der Waals surface area (Å²) >= 11 is 0. The van der Waals surface area contributed by atoms with Crippen LogP contribution in [-0.4, -0.2) is 32.8 Å². The predicted molar refractivity (Wildman–Crippen MR) is 75.3 cm³/mol. The lowest BCUT2D eigenvalue weighted by Crippen LogP contribution is -2.12. The average molecular weight is 266 g/mol. The molecule has 0 spiro atoms. The molecule has 0 aliphatic heterocycles. The summed E-state index contributed by atoms with van der Waals surface area (Å²) in [6.45, 7) is 1.67. The van der Waals surface area contributed by atoms with Gasteiger partial charge in [-0.1, -0.05) is 0 Å². The Hall–Kier alpha value is -1.59. The number of benzene rings is 1. The van der Waals surface area contributed by atoms with Crippen molar-refractivity contribution in [2.45, 2.75) is 19.3 Å². The van der Waals surface area contributed by atoms with Crippen LogP contribution in [0.2, 0.25) is 0 Å². The maximum Gasteiger partial charge on any atom is 0.224 e. The van der Waals surface area contributed by atoms with Crippen molar-refractivity contribution in [1.29, 1.82) is 0 Å². The molecule has 0 saturated heterocycles. The molecular weight excluding hydrogens is 244 g/mol. The third-order valence-electron chi connectivity index (χ3n) is 2.53. The Morgan fingerprint density at radius 1 is 1.21 bits per heavy atom. The van der Waals surface area contributed by atoms with Crippen LogP contribution >= 0.6 is 0 Å². The van der Waals surface area contributed by atoms with E-state index in [1.165, 1.54) is 0 Å². The van der Waals surface area contributed by atoms with Crippen LogP contribution in [0.1, 0.15) is 19.3 Å². The Kier molecular flexibility index (Phi) is 7.62. The lowest BCUT2D eigenvalue weighted by Gasteiger charge is -2.07. The highest BCUT2D eigenvalue weighted by Gasteiger charge is 2.02. The smallest absolute Gasteiger partial charge is 0.224 e. The second kappa shape index (κ2) is 9.35. The van der Waals surface area contributed by atoms with Gasteiger partial charge in [-0.2, -0.15) is 0 Å². The molecule has 5 nitrogen and oxygen atoms in total. The number of unbranched alkanes of at least 4 members (excludes halogenated alkanes) is 1. The highest BCUT2D eigenvalue weighted by molar-refractivity contribution is 5.90. The molecule has 5 heteroatoms. The number of nitrogens with two attached hydrogens (primary N) is 1. The van der Waals surface area contributed by atoms with Gasteiger partial charge in [0.15, 0.2) is 0 Å². The van der Waals surface area contributed by atoms with Crippen LogP contribution < -0.4 is 15.8 Å². The van der Waals surface area contributed by atoms with Gasteiger partial charge in [0, 0.05) is 32.4 Å². The molecule has 0 bridgehead atoms. The molecule has 0 radical (unpaired) electrons.